The summed E-state index contributed by atoms with van der Waals surface area (Å²) in [4.78, 5) is 12.5. The first-order valence-corrected chi connectivity index (χ1v) is 8.30. The number of methoxy groups -OCH3 is 1. The number of rotatable bonds is 6. The molecule has 1 amide bonds. The third-order valence-electron chi connectivity index (χ3n) is 4.22. The number of carbonyl (C=O) groups excluding carboxylic acids is 1. The number of ether oxygens (including phenoxy) is 1. The molecule has 0 fully saturated rings. The van der Waals surface area contributed by atoms with E-state index >= 15 is 0 Å². The highest BCUT2D eigenvalue weighted by atomic mass is 16.5. The molecule has 0 atom stereocenters. The Bertz CT molecular complexity index is 759. The Morgan fingerprint density at radius 2 is 1.36 bits per heavy atom. The Morgan fingerprint density at radius 3 is 1.84 bits per heavy atom. The van der Waals surface area contributed by atoms with Crippen LogP contribution in [0.1, 0.15) is 27.4 Å². The summed E-state index contributed by atoms with van der Waals surface area (Å²) in [6, 6.07) is 27.6. The summed E-state index contributed by atoms with van der Waals surface area (Å²) < 4.78 is 5.13. The van der Waals surface area contributed by atoms with Crippen molar-refractivity contribution in [1.82, 2.24) is 5.32 Å². The maximum atomic E-state index is 12.5. The van der Waals surface area contributed by atoms with Crippen LogP contribution < -0.4 is 10.1 Å². The van der Waals surface area contributed by atoms with Crippen molar-refractivity contribution in [3.63, 3.8) is 0 Å². The van der Waals surface area contributed by atoms with E-state index in [0.717, 1.165) is 5.75 Å². The number of amides is 1. The third kappa shape index (κ3) is 4.27. The molecule has 0 aliphatic heterocycles. The number of hydrogen-bond donors (Lipinski definition) is 1. The second-order valence-corrected chi connectivity index (χ2v) is 5.81. The molecule has 0 unspecified atom stereocenters. The average Bonchev–Trinajstić information content (AvgIpc) is 2.70. The molecule has 3 rings (SSSR count). The Labute approximate surface area is 148 Å². The topological polar surface area (TPSA) is 38.3 Å². The molecule has 0 aliphatic carbocycles. The fraction of sp³-hybridized carbons (Fsp3) is 0.136. The van der Waals surface area contributed by atoms with E-state index in [9.17, 15) is 4.79 Å². The van der Waals surface area contributed by atoms with Crippen LogP contribution >= 0.6 is 0 Å². The monoisotopic (exact) mass is 331 g/mol. The molecule has 3 aromatic carbocycles. The normalized spacial score (nSPS) is 10.5. The zero-order valence-electron chi connectivity index (χ0n) is 14.2. The SMILES string of the molecule is COc1ccc(C(=O)NCC(c2ccccc2)c2ccccc2)cc1. The molecule has 1 N–H and O–H groups in total. The van der Waals surface area contributed by atoms with Crippen molar-refractivity contribution in [1.29, 1.82) is 0 Å². The summed E-state index contributed by atoms with van der Waals surface area (Å²) in [5.41, 5.74) is 2.99. The molecular formula is C22H21NO2. The van der Waals surface area contributed by atoms with Crippen LogP contribution in [0.3, 0.4) is 0 Å². The standard InChI is InChI=1S/C22H21NO2/c1-25-20-14-12-19(13-15-20)22(24)23-16-21(17-8-4-2-5-9-17)18-10-6-3-7-11-18/h2-15,21H,16H2,1H3,(H,23,24). The van der Waals surface area contributed by atoms with Crippen LogP contribution in [0.15, 0.2) is 84.9 Å². The van der Waals surface area contributed by atoms with Gasteiger partial charge in [-0.05, 0) is 35.4 Å². The molecule has 0 saturated heterocycles. The quantitative estimate of drug-likeness (QED) is 0.733. The van der Waals surface area contributed by atoms with Gasteiger partial charge in [0.2, 0.25) is 0 Å². The van der Waals surface area contributed by atoms with Gasteiger partial charge in [0, 0.05) is 18.0 Å². The van der Waals surface area contributed by atoms with Crippen molar-refractivity contribution in [3.05, 3.63) is 102 Å². The molecule has 0 bridgehead atoms. The van der Waals surface area contributed by atoms with Gasteiger partial charge in [0.1, 0.15) is 5.75 Å². The largest absolute Gasteiger partial charge is 0.497 e. The van der Waals surface area contributed by atoms with Crippen LogP contribution in [0.4, 0.5) is 0 Å². The third-order valence-corrected chi connectivity index (χ3v) is 4.22. The van der Waals surface area contributed by atoms with E-state index < -0.39 is 0 Å². The maximum absolute atomic E-state index is 12.5. The molecule has 126 valence electrons. The molecule has 0 spiro atoms. The van der Waals surface area contributed by atoms with E-state index in [-0.39, 0.29) is 11.8 Å². The van der Waals surface area contributed by atoms with Gasteiger partial charge in [0.05, 0.1) is 7.11 Å². The summed E-state index contributed by atoms with van der Waals surface area (Å²) in [5, 5.41) is 3.05. The van der Waals surface area contributed by atoms with Gasteiger partial charge in [-0.25, -0.2) is 0 Å². The Balaban J connectivity index is 1.75. The van der Waals surface area contributed by atoms with Gasteiger partial charge in [0.15, 0.2) is 0 Å². The lowest BCUT2D eigenvalue weighted by atomic mass is 9.91. The van der Waals surface area contributed by atoms with Gasteiger partial charge in [-0.3, -0.25) is 4.79 Å². The first kappa shape index (κ1) is 16.8. The summed E-state index contributed by atoms with van der Waals surface area (Å²) >= 11 is 0. The summed E-state index contributed by atoms with van der Waals surface area (Å²) in [6.07, 6.45) is 0. The van der Waals surface area contributed by atoms with Crippen LogP contribution in [0.2, 0.25) is 0 Å². The highest BCUT2D eigenvalue weighted by Crippen LogP contribution is 2.23. The molecule has 0 saturated carbocycles. The minimum atomic E-state index is -0.0838. The fourth-order valence-corrected chi connectivity index (χ4v) is 2.84. The molecule has 3 nitrogen and oxygen atoms in total. The van der Waals surface area contributed by atoms with Gasteiger partial charge in [0.25, 0.3) is 5.91 Å². The second kappa shape index (κ2) is 8.15. The van der Waals surface area contributed by atoms with E-state index in [1.54, 1.807) is 31.4 Å². The predicted octanol–water partition coefficient (Wildman–Crippen LogP) is 4.26. The molecule has 0 aromatic heterocycles. The fourth-order valence-electron chi connectivity index (χ4n) is 2.84. The van der Waals surface area contributed by atoms with Gasteiger partial charge >= 0.3 is 0 Å². The van der Waals surface area contributed by atoms with Crippen molar-refractivity contribution in [3.8, 4) is 5.75 Å². The van der Waals surface area contributed by atoms with Gasteiger partial charge in [-0.2, -0.15) is 0 Å². The number of nitrogens with one attached hydrogen (secondary N) is 1. The van der Waals surface area contributed by atoms with E-state index in [4.69, 9.17) is 4.74 Å². The summed E-state index contributed by atoms with van der Waals surface area (Å²) in [6.45, 7) is 0.541. The highest BCUT2D eigenvalue weighted by Gasteiger charge is 2.15. The predicted molar refractivity (Wildman–Crippen MR) is 100 cm³/mol. The molecule has 0 radical (unpaired) electrons. The summed E-state index contributed by atoms with van der Waals surface area (Å²) in [7, 11) is 1.61. The zero-order chi connectivity index (χ0) is 17.5. The Morgan fingerprint density at radius 1 is 0.840 bits per heavy atom. The maximum Gasteiger partial charge on any atom is 0.251 e. The van der Waals surface area contributed by atoms with E-state index in [2.05, 4.69) is 29.6 Å². The Kier molecular flexibility index (Phi) is 5.47. The van der Waals surface area contributed by atoms with E-state index in [1.807, 2.05) is 36.4 Å². The van der Waals surface area contributed by atoms with E-state index in [1.165, 1.54) is 11.1 Å². The number of benzene rings is 3. The zero-order valence-corrected chi connectivity index (χ0v) is 14.2. The smallest absolute Gasteiger partial charge is 0.251 e. The van der Waals surface area contributed by atoms with Crippen LogP contribution in [0.5, 0.6) is 5.75 Å². The average molecular weight is 331 g/mol. The minimum Gasteiger partial charge on any atom is -0.497 e. The highest BCUT2D eigenvalue weighted by molar-refractivity contribution is 5.94. The Hall–Kier alpha value is -3.07. The molecule has 3 heteroatoms. The molecule has 0 aliphatic rings. The number of hydrogen-bond acceptors (Lipinski definition) is 2. The molecule has 3 aromatic rings. The second-order valence-electron chi connectivity index (χ2n) is 5.81. The molecule has 0 heterocycles. The van der Waals surface area contributed by atoms with Gasteiger partial charge in [-0.15, -0.1) is 0 Å². The molecule has 25 heavy (non-hydrogen) atoms. The number of carbonyl (C=O) groups is 1. The van der Waals surface area contributed by atoms with Gasteiger partial charge < -0.3 is 10.1 Å². The van der Waals surface area contributed by atoms with Crippen molar-refractivity contribution in [2.24, 2.45) is 0 Å². The summed E-state index contributed by atoms with van der Waals surface area (Å²) in [5.74, 6) is 0.770. The lowest BCUT2D eigenvalue weighted by Crippen LogP contribution is -2.28. The van der Waals surface area contributed by atoms with Crippen LogP contribution in [-0.4, -0.2) is 19.6 Å². The van der Waals surface area contributed by atoms with Crippen LogP contribution in [0, 0.1) is 0 Å². The first-order chi connectivity index (χ1) is 12.3. The minimum absolute atomic E-state index is 0.0838. The van der Waals surface area contributed by atoms with Crippen LogP contribution in [0.25, 0.3) is 0 Å². The lowest BCUT2D eigenvalue weighted by molar-refractivity contribution is 0.0952. The van der Waals surface area contributed by atoms with Gasteiger partial charge in [-0.1, -0.05) is 60.7 Å². The van der Waals surface area contributed by atoms with Crippen molar-refractivity contribution < 1.29 is 9.53 Å². The van der Waals surface area contributed by atoms with E-state index in [0.29, 0.717) is 12.1 Å². The van der Waals surface area contributed by atoms with Crippen molar-refractivity contribution in [2.75, 3.05) is 13.7 Å². The lowest BCUT2D eigenvalue weighted by Gasteiger charge is -2.19. The van der Waals surface area contributed by atoms with Crippen molar-refractivity contribution in [2.45, 2.75) is 5.92 Å². The van der Waals surface area contributed by atoms with Crippen LogP contribution in [-0.2, 0) is 0 Å². The molecular weight excluding hydrogens is 310 g/mol. The van der Waals surface area contributed by atoms with Crippen molar-refractivity contribution >= 4 is 5.91 Å². The first-order valence-electron chi connectivity index (χ1n) is 8.30.